The van der Waals surface area contributed by atoms with E-state index in [1.54, 1.807) is 6.07 Å². The Bertz CT molecular complexity index is 763. The lowest BCUT2D eigenvalue weighted by Gasteiger charge is -2.13. The van der Waals surface area contributed by atoms with Gasteiger partial charge in [0, 0.05) is 19.0 Å². The molecule has 0 saturated heterocycles. The number of carboxylic acid groups (broad SMARTS) is 1. The number of nitrogens with zero attached hydrogens (tertiary/aromatic N) is 1. The highest BCUT2D eigenvalue weighted by atomic mass is 32.2. The molecule has 7 heteroatoms. The van der Waals surface area contributed by atoms with Gasteiger partial charge in [0.1, 0.15) is 0 Å². The molecule has 0 saturated carbocycles. The Labute approximate surface area is 200 Å². The van der Waals surface area contributed by atoms with Crippen molar-refractivity contribution in [3.63, 3.8) is 0 Å². The first kappa shape index (κ1) is 29.0. The molecule has 0 spiro atoms. The summed E-state index contributed by atoms with van der Waals surface area (Å²) in [5.74, 6) is -0.248. The van der Waals surface area contributed by atoms with Crippen molar-refractivity contribution in [2.45, 2.75) is 107 Å². The minimum Gasteiger partial charge on any atom is -0.478 e. The molecule has 0 atom stereocenters. The minimum absolute atomic E-state index is 0.0146. The number of aromatic carboxylic acids is 1. The van der Waals surface area contributed by atoms with Crippen LogP contribution < -0.4 is 0 Å². The van der Waals surface area contributed by atoms with Gasteiger partial charge in [0.05, 0.1) is 10.5 Å². The summed E-state index contributed by atoms with van der Waals surface area (Å²) >= 11 is 1.50. The Balaban J connectivity index is 2.20. The monoisotopic (exact) mass is 485 g/mol. The van der Waals surface area contributed by atoms with Crippen molar-refractivity contribution < 1.29 is 18.3 Å². The van der Waals surface area contributed by atoms with Crippen molar-refractivity contribution in [2.24, 2.45) is 0 Å². The number of thioether (sulfide) groups is 1. The molecule has 1 N–H and O–H groups in total. The molecule has 184 valence electrons. The second-order valence-electron chi connectivity index (χ2n) is 8.70. The highest BCUT2D eigenvalue weighted by Gasteiger charge is 2.21. The fourth-order valence-corrected chi connectivity index (χ4v) is 5.61. The Kier molecular flexibility index (Phi) is 15.0. The standard InChI is InChI=1S/C25H43NO4S2/c1-4-5-6-7-8-9-10-11-12-13-14-15-16-17-20-31-24-19-18-22(21-23(24)25(27)28)32(29,30)26(2)3/h18-19,21H,4-17,20H2,1-3H3,(H,27,28). The van der Waals surface area contributed by atoms with Crippen LogP contribution in [0.3, 0.4) is 0 Å². The van der Waals surface area contributed by atoms with Crippen molar-refractivity contribution in [1.29, 1.82) is 0 Å². The Morgan fingerprint density at radius 3 is 1.75 bits per heavy atom. The number of hydrogen-bond acceptors (Lipinski definition) is 4. The largest absolute Gasteiger partial charge is 0.478 e. The van der Waals surface area contributed by atoms with Gasteiger partial charge < -0.3 is 5.11 Å². The number of carboxylic acids is 1. The molecule has 0 aliphatic heterocycles. The molecule has 0 heterocycles. The van der Waals surface area contributed by atoms with Gasteiger partial charge in [-0.1, -0.05) is 90.4 Å². The first-order valence-electron chi connectivity index (χ1n) is 12.2. The van der Waals surface area contributed by atoms with Crippen molar-refractivity contribution >= 4 is 27.8 Å². The van der Waals surface area contributed by atoms with Crippen molar-refractivity contribution in [3.05, 3.63) is 23.8 Å². The van der Waals surface area contributed by atoms with E-state index in [1.165, 1.54) is 115 Å². The maximum Gasteiger partial charge on any atom is 0.336 e. The number of hydrogen-bond donors (Lipinski definition) is 1. The molecule has 1 rings (SSSR count). The fraction of sp³-hybridized carbons (Fsp3) is 0.720. The van der Waals surface area contributed by atoms with E-state index in [4.69, 9.17) is 0 Å². The predicted octanol–water partition coefficient (Wildman–Crippen LogP) is 7.21. The summed E-state index contributed by atoms with van der Waals surface area (Å²) in [6.07, 6.45) is 18.4. The van der Waals surface area contributed by atoms with Crippen LogP contribution in [0.25, 0.3) is 0 Å². The molecule has 0 amide bonds. The van der Waals surface area contributed by atoms with Crippen molar-refractivity contribution in [3.8, 4) is 0 Å². The SMILES string of the molecule is CCCCCCCCCCCCCCCCSc1ccc(S(=O)(=O)N(C)C)cc1C(=O)O. The Morgan fingerprint density at radius 1 is 0.844 bits per heavy atom. The lowest BCUT2D eigenvalue weighted by Crippen LogP contribution is -2.22. The fourth-order valence-electron chi connectivity index (χ4n) is 3.65. The molecule has 0 fully saturated rings. The molecule has 1 aromatic rings. The van der Waals surface area contributed by atoms with Gasteiger partial charge in [0.25, 0.3) is 0 Å². The molecular weight excluding hydrogens is 442 g/mol. The molecule has 0 aliphatic rings. The number of rotatable bonds is 19. The third-order valence-corrected chi connectivity index (χ3v) is 8.69. The summed E-state index contributed by atoms with van der Waals surface area (Å²) in [4.78, 5) is 12.3. The average molecular weight is 486 g/mol. The quantitative estimate of drug-likeness (QED) is 0.165. The van der Waals surface area contributed by atoms with E-state index in [1.807, 2.05) is 0 Å². The van der Waals surface area contributed by atoms with Gasteiger partial charge in [-0.05, 0) is 30.4 Å². The van der Waals surface area contributed by atoms with Crippen LogP contribution in [0, 0.1) is 0 Å². The van der Waals surface area contributed by atoms with Crippen LogP contribution in [0.5, 0.6) is 0 Å². The second-order valence-corrected chi connectivity index (χ2v) is 12.0. The Hall–Kier alpha value is -1.05. The van der Waals surface area contributed by atoms with E-state index in [0.29, 0.717) is 4.90 Å². The van der Waals surface area contributed by atoms with Crippen LogP contribution in [-0.4, -0.2) is 43.6 Å². The van der Waals surface area contributed by atoms with Crippen molar-refractivity contribution in [1.82, 2.24) is 4.31 Å². The number of carbonyl (C=O) groups is 1. The van der Waals surface area contributed by atoms with Gasteiger partial charge in [0.15, 0.2) is 0 Å². The van der Waals surface area contributed by atoms with E-state index in [-0.39, 0.29) is 10.5 Å². The third-order valence-electron chi connectivity index (χ3n) is 5.72. The maximum absolute atomic E-state index is 12.3. The zero-order chi connectivity index (χ0) is 23.8. The Morgan fingerprint density at radius 2 is 1.31 bits per heavy atom. The summed E-state index contributed by atoms with van der Waals surface area (Å²) < 4.78 is 25.6. The summed E-state index contributed by atoms with van der Waals surface area (Å²) in [7, 11) is -0.763. The first-order chi connectivity index (χ1) is 15.3. The third kappa shape index (κ3) is 11.2. The average Bonchev–Trinajstić information content (AvgIpc) is 2.76. The van der Waals surface area contributed by atoms with Crippen LogP contribution in [0.15, 0.2) is 28.0 Å². The van der Waals surface area contributed by atoms with E-state index >= 15 is 0 Å². The summed E-state index contributed by atoms with van der Waals surface area (Å²) in [5, 5.41) is 9.50. The molecule has 0 radical (unpaired) electrons. The van der Waals surface area contributed by atoms with Gasteiger partial charge in [-0.25, -0.2) is 17.5 Å². The summed E-state index contributed by atoms with van der Waals surface area (Å²) in [5.41, 5.74) is 0.0586. The normalized spacial score (nSPS) is 11.9. The van der Waals surface area contributed by atoms with Crippen LogP contribution in [-0.2, 0) is 10.0 Å². The number of unbranched alkanes of at least 4 members (excludes halogenated alkanes) is 13. The van der Waals surface area contributed by atoms with Crippen molar-refractivity contribution in [2.75, 3.05) is 19.8 Å². The summed E-state index contributed by atoms with van der Waals surface area (Å²) in [6.45, 7) is 2.26. The predicted molar refractivity (Wildman–Crippen MR) is 135 cm³/mol. The van der Waals surface area contributed by atoms with E-state index in [9.17, 15) is 18.3 Å². The lowest BCUT2D eigenvalue weighted by molar-refractivity contribution is 0.0693. The van der Waals surface area contributed by atoms with Crippen LogP contribution in [0.1, 0.15) is 107 Å². The van der Waals surface area contributed by atoms with Gasteiger partial charge in [-0.15, -0.1) is 11.8 Å². The molecule has 0 bridgehead atoms. The zero-order valence-electron chi connectivity index (χ0n) is 20.3. The second kappa shape index (κ2) is 16.5. The van der Waals surface area contributed by atoms with Gasteiger partial charge in [-0.3, -0.25) is 0 Å². The van der Waals surface area contributed by atoms with E-state index in [2.05, 4.69) is 6.92 Å². The van der Waals surface area contributed by atoms with Crippen LogP contribution >= 0.6 is 11.8 Å². The smallest absolute Gasteiger partial charge is 0.336 e. The molecule has 5 nitrogen and oxygen atoms in total. The topological polar surface area (TPSA) is 74.7 Å². The molecule has 32 heavy (non-hydrogen) atoms. The van der Waals surface area contributed by atoms with Crippen LogP contribution in [0.2, 0.25) is 0 Å². The molecule has 1 aromatic carbocycles. The van der Waals surface area contributed by atoms with E-state index < -0.39 is 16.0 Å². The highest BCUT2D eigenvalue weighted by molar-refractivity contribution is 7.99. The van der Waals surface area contributed by atoms with Crippen LogP contribution in [0.4, 0.5) is 0 Å². The minimum atomic E-state index is -3.64. The molecular formula is C25H43NO4S2. The van der Waals surface area contributed by atoms with Gasteiger partial charge >= 0.3 is 5.97 Å². The number of benzene rings is 1. The van der Waals surface area contributed by atoms with Gasteiger partial charge in [0.2, 0.25) is 10.0 Å². The maximum atomic E-state index is 12.3. The summed E-state index contributed by atoms with van der Waals surface area (Å²) in [6, 6.07) is 4.38. The lowest BCUT2D eigenvalue weighted by atomic mass is 10.0. The first-order valence-corrected chi connectivity index (χ1v) is 14.7. The number of sulfonamides is 1. The molecule has 0 unspecified atom stereocenters. The van der Waals surface area contributed by atoms with Gasteiger partial charge in [-0.2, -0.15) is 0 Å². The molecule has 0 aromatic heterocycles. The molecule has 0 aliphatic carbocycles. The van der Waals surface area contributed by atoms with E-state index in [0.717, 1.165) is 22.9 Å². The zero-order valence-corrected chi connectivity index (χ0v) is 21.9. The highest BCUT2D eigenvalue weighted by Crippen LogP contribution is 2.27.